The lowest BCUT2D eigenvalue weighted by molar-refractivity contribution is 0.352. The molecule has 0 spiro atoms. The van der Waals surface area contributed by atoms with Gasteiger partial charge in [0.2, 0.25) is 5.88 Å². The number of nitrogens with zero attached hydrogens (tertiary/aromatic N) is 3. The zero-order chi connectivity index (χ0) is 9.84. The van der Waals surface area contributed by atoms with Crippen molar-refractivity contribution >= 4 is 5.69 Å². The van der Waals surface area contributed by atoms with Crippen LogP contribution in [0.5, 0.6) is 11.9 Å². The molecule has 5 heteroatoms. The Hall–Kier alpha value is -1.83. The lowest BCUT2D eigenvalue weighted by Crippen LogP contribution is -1.97. The van der Waals surface area contributed by atoms with E-state index in [9.17, 15) is 0 Å². The maximum absolute atomic E-state index is 6.88. The second-order valence-corrected chi connectivity index (χ2v) is 2.27. The average Bonchev–Trinajstić information content (AvgIpc) is 2.16. The van der Waals surface area contributed by atoms with Crippen molar-refractivity contribution in [3.05, 3.63) is 17.1 Å². The highest BCUT2D eigenvalue weighted by atomic mass is 16.5. The van der Waals surface area contributed by atoms with Gasteiger partial charge in [-0.3, -0.25) is 0 Å². The topological polar surface area (TPSA) is 48.6 Å². The average molecular weight is 179 g/mol. The first-order valence-corrected chi connectivity index (χ1v) is 3.57. The van der Waals surface area contributed by atoms with Crippen molar-refractivity contribution in [1.82, 2.24) is 9.97 Å². The van der Waals surface area contributed by atoms with Crippen molar-refractivity contribution in [1.29, 1.82) is 0 Å². The fourth-order valence-electron chi connectivity index (χ4n) is 0.878. The molecule has 0 saturated carbocycles. The highest BCUT2D eigenvalue weighted by Crippen LogP contribution is 2.29. The molecular weight excluding hydrogens is 170 g/mol. The Morgan fingerprint density at radius 1 is 1.23 bits per heavy atom. The quantitative estimate of drug-likeness (QED) is 0.643. The number of methoxy groups -OCH3 is 2. The first kappa shape index (κ1) is 9.26. The SMILES string of the molecule is [C-]#[N+]c1c(C)nc(OC)nc1OC. The Balaban J connectivity index is 3.31. The molecule has 13 heavy (non-hydrogen) atoms. The maximum atomic E-state index is 6.88. The molecule has 0 aromatic carbocycles. The number of aromatic nitrogens is 2. The lowest BCUT2D eigenvalue weighted by atomic mass is 10.4. The zero-order valence-electron chi connectivity index (χ0n) is 7.66. The number of aryl methyl sites for hydroxylation is 1. The third kappa shape index (κ3) is 1.67. The van der Waals surface area contributed by atoms with Gasteiger partial charge in [0.25, 0.3) is 5.69 Å². The Kier molecular flexibility index (Phi) is 2.65. The summed E-state index contributed by atoms with van der Waals surface area (Å²) in [4.78, 5) is 11.1. The molecule has 0 atom stereocenters. The third-order valence-electron chi connectivity index (χ3n) is 1.49. The van der Waals surface area contributed by atoms with Gasteiger partial charge in [-0.25, -0.2) is 9.83 Å². The fourth-order valence-corrected chi connectivity index (χ4v) is 0.878. The molecule has 0 radical (unpaired) electrons. The summed E-state index contributed by atoms with van der Waals surface area (Å²) >= 11 is 0. The van der Waals surface area contributed by atoms with Crippen LogP contribution in [-0.2, 0) is 0 Å². The van der Waals surface area contributed by atoms with Crippen LogP contribution in [0.15, 0.2) is 0 Å². The van der Waals surface area contributed by atoms with Gasteiger partial charge in [0, 0.05) is 0 Å². The fraction of sp³-hybridized carbons (Fsp3) is 0.375. The molecule has 0 fully saturated rings. The van der Waals surface area contributed by atoms with Gasteiger partial charge >= 0.3 is 6.01 Å². The predicted molar refractivity (Wildman–Crippen MR) is 46.1 cm³/mol. The number of ether oxygens (including phenoxy) is 2. The van der Waals surface area contributed by atoms with Crippen molar-refractivity contribution in [3.8, 4) is 11.9 Å². The molecule has 0 aliphatic carbocycles. The number of hydrogen-bond donors (Lipinski definition) is 0. The van der Waals surface area contributed by atoms with Crippen molar-refractivity contribution < 1.29 is 9.47 Å². The molecule has 1 aromatic rings. The van der Waals surface area contributed by atoms with Crippen molar-refractivity contribution in [3.63, 3.8) is 0 Å². The molecule has 1 heterocycles. The van der Waals surface area contributed by atoms with Crippen LogP contribution in [0.3, 0.4) is 0 Å². The van der Waals surface area contributed by atoms with E-state index in [2.05, 4.69) is 14.8 Å². The van der Waals surface area contributed by atoms with E-state index in [4.69, 9.17) is 16.0 Å². The predicted octanol–water partition coefficient (Wildman–Crippen LogP) is 1.35. The molecule has 1 aromatic heterocycles. The second kappa shape index (κ2) is 3.72. The minimum Gasteiger partial charge on any atom is -0.489 e. The monoisotopic (exact) mass is 179 g/mol. The number of rotatable bonds is 2. The Labute approximate surface area is 76.2 Å². The highest BCUT2D eigenvalue weighted by Gasteiger charge is 2.11. The van der Waals surface area contributed by atoms with Crippen LogP contribution in [0.2, 0.25) is 0 Å². The van der Waals surface area contributed by atoms with Crippen molar-refractivity contribution in [2.45, 2.75) is 6.92 Å². The summed E-state index contributed by atoms with van der Waals surface area (Å²) in [5, 5.41) is 0. The van der Waals surface area contributed by atoms with E-state index in [0.29, 0.717) is 11.4 Å². The normalized spacial score (nSPS) is 9.08. The van der Waals surface area contributed by atoms with E-state index in [1.165, 1.54) is 14.2 Å². The molecule has 5 nitrogen and oxygen atoms in total. The van der Waals surface area contributed by atoms with Gasteiger partial charge in [-0.2, -0.15) is 4.98 Å². The standard InChI is InChI=1S/C8H9N3O2/c1-5-6(9-2)7(12-3)11-8(10-5)13-4/h1,3-4H3. The van der Waals surface area contributed by atoms with Gasteiger partial charge in [0.05, 0.1) is 26.5 Å². The smallest absolute Gasteiger partial charge is 0.317 e. The lowest BCUT2D eigenvalue weighted by Gasteiger charge is -2.05. The largest absolute Gasteiger partial charge is 0.489 e. The third-order valence-corrected chi connectivity index (χ3v) is 1.49. The first-order chi connectivity index (χ1) is 6.22. The van der Waals surface area contributed by atoms with E-state index < -0.39 is 0 Å². The van der Waals surface area contributed by atoms with Crippen molar-refractivity contribution in [2.24, 2.45) is 0 Å². The Morgan fingerprint density at radius 2 is 1.92 bits per heavy atom. The van der Waals surface area contributed by atoms with E-state index >= 15 is 0 Å². The number of hydrogen-bond acceptors (Lipinski definition) is 4. The minimum atomic E-state index is 0.210. The molecule has 0 unspecified atom stereocenters. The summed E-state index contributed by atoms with van der Waals surface area (Å²) in [5.41, 5.74) is 0.877. The summed E-state index contributed by atoms with van der Waals surface area (Å²) < 4.78 is 9.75. The maximum Gasteiger partial charge on any atom is 0.317 e. The molecule has 68 valence electrons. The molecule has 0 bridgehead atoms. The summed E-state index contributed by atoms with van der Waals surface area (Å²) in [6.45, 7) is 8.59. The molecule has 0 saturated heterocycles. The molecule has 0 N–H and O–H groups in total. The summed E-state index contributed by atoms with van der Waals surface area (Å²) in [7, 11) is 2.92. The Morgan fingerprint density at radius 3 is 2.38 bits per heavy atom. The van der Waals surface area contributed by atoms with Crippen LogP contribution < -0.4 is 9.47 Å². The van der Waals surface area contributed by atoms with Gasteiger partial charge in [0.1, 0.15) is 0 Å². The summed E-state index contributed by atoms with van der Waals surface area (Å²) in [6, 6.07) is 0.210. The van der Waals surface area contributed by atoms with Crippen LogP contribution in [0.4, 0.5) is 5.69 Å². The van der Waals surface area contributed by atoms with Crippen LogP contribution in [-0.4, -0.2) is 24.2 Å². The van der Waals surface area contributed by atoms with Crippen molar-refractivity contribution in [2.75, 3.05) is 14.2 Å². The molecule has 1 rings (SSSR count). The van der Waals surface area contributed by atoms with Gasteiger partial charge in [-0.15, -0.1) is 0 Å². The van der Waals surface area contributed by atoms with Crippen LogP contribution in [0.25, 0.3) is 4.85 Å². The minimum absolute atomic E-state index is 0.210. The molecule has 0 amide bonds. The van der Waals surface area contributed by atoms with Crippen LogP contribution in [0, 0.1) is 13.5 Å². The molecular formula is C8H9N3O2. The van der Waals surface area contributed by atoms with Gasteiger partial charge in [-0.1, -0.05) is 0 Å². The van der Waals surface area contributed by atoms with Gasteiger partial charge in [-0.05, 0) is 6.92 Å². The highest BCUT2D eigenvalue weighted by molar-refractivity contribution is 5.57. The Bertz CT molecular complexity index is 357. The van der Waals surface area contributed by atoms with E-state index in [0.717, 1.165) is 0 Å². The molecule has 0 aliphatic heterocycles. The first-order valence-electron chi connectivity index (χ1n) is 3.57. The summed E-state index contributed by atoms with van der Waals surface area (Å²) in [6.07, 6.45) is 0. The second-order valence-electron chi connectivity index (χ2n) is 2.27. The zero-order valence-corrected chi connectivity index (χ0v) is 7.66. The van der Waals surface area contributed by atoms with Crippen LogP contribution in [0.1, 0.15) is 5.69 Å². The summed E-state index contributed by atoms with van der Waals surface area (Å²) in [5.74, 6) is 0.249. The van der Waals surface area contributed by atoms with Crippen LogP contribution >= 0.6 is 0 Å². The van der Waals surface area contributed by atoms with E-state index in [1.807, 2.05) is 0 Å². The van der Waals surface area contributed by atoms with E-state index in [-0.39, 0.29) is 11.9 Å². The van der Waals surface area contributed by atoms with E-state index in [1.54, 1.807) is 6.92 Å². The molecule has 0 aliphatic rings. The van der Waals surface area contributed by atoms with Gasteiger partial charge in [0.15, 0.2) is 0 Å². The van der Waals surface area contributed by atoms with Gasteiger partial charge < -0.3 is 9.47 Å².